The first kappa shape index (κ1) is 16.4. The number of H-pyrrole nitrogens is 1. The number of methoxy groups -OCH3 is 1. The first-order chi connectivity index (χ1) is 11.6. The van der Waals surface area contributed by atoms with Crippen LogP contribution in [0.15, 0.2) is 42.5 Å². The summed E-state index contributed by atoms with van der Waals surface area (Å²) in [5, 5.41) is 4.59. The Hall–Kier alpha value is -2.46. The van der Waals surface area contributed by atoms with Crippen LogP contribution in [0.1, 0.15) is 21.6 Å². The van der Waals surface area contributed by atoms with Gasteiger partial charge in [0, 0.05) is 22.5 Å². The minimum absolute atomic E-state index is 0.109. The number of fused-ring (bicyclic) bond motifs is 1. The summed E-state index contributed by atoms with van der Waals surface area (Å²) in [6.07, 6.45) is 0.744. The Bertz CT molecular complexity index is 886. The van der Waals surface area contributed by atoms with E-state index in [1.807, 2.05) is 49.4 Å². The molecule has 1 aromatic heterocycles. The van der Waals surface area contributed by atoms with Crippen molar-refractivity contribution in [2.75, 3.05) is 13.7 Å². The summed E-state index contributed by atoms with van der Waals surface area (Å²) in [7, 11) is 1.64. The van der Waals surface area contributed by atoms with E-state index in [0.29, 0.717) is 17.3 Å². The van der Waals surface area contributed by atoms with Gasteiger partial charge >= 0.3 is 0 Å². The highest BCUT2D eigenvalue weighted by molar-refractivity contribution is 6.31. The van der Waals surface area contributed by atoms with Crippen molar-refractivity contribution in [2.45, 2.75) is 13.3 Å². The number of hydrogen-bond acceptors (Lipinski definition) is 2. The minimum atomic E-state index is -0.109. The van der Waals surface area contributed by atoms with Crippen molar-refractivity contribution in [3.63, 3.8) is 0 Å². The molecule has 3 rings (SSSR count). The van der Waals surface area contributed by atoms with Gasteiger partial charge in [-0.15, -0.1) is 0 Å². The van der Waals surface area contributed by atoms with Crippen molar-refractivity contribution in [1.82, 2.24) is 10.3 Å². The van der Waals surface area contributed by atoms with Crippen molar-refractivity contribution in [2.24, 2.45) is 0 Å². The molecule has 0 radical (unpaired) electrons. The molecule has 0 saturated heterocycles. The molecule has 124 valence electrons. The van der Waals surface area contributed by atoms with Crippen LogP contribution in [0.2, 0.25) is 5.02 Å². The zero-order chi connectivity index (χ0) is 17.1. The van der Waals surface area contributed by atoms with E-state index in [9.17, 15) is 4.79 Å². The summed E-state index contributed by atoms with van der Waals surface area (Å²) in [4.78, 5) is 15.6. The lowest BCUT2D eigenvalue weighted by atomic mass is 10.1. The minimum Gasteiger partial charge on any atom is -0.497 e. The number of halogens is 1. The molecule has 0 fully saturated rings. The molecule has 0 bridgehead atoms. The van der Waals surface area contributed by atoms with Gasteiger partial charge < -0.3 is 15.0 Å². The van der Waals surface area contributed by atoms with Crippen LogP contribution in [0.3, 0.4) is 0 Å². The van der Waals surface area contributed by atoms with Crippen LogP contribution in [0, 0.1) is 6.92 Å². The van der Waals surface area contributed by atoms with Crippen LogP contribution < -0.4 is 10.1 Å². The Morgan fingerprint density at radius 2 is 2.08 bits per heavy atom. The second kappa shape index (κ2) is 6.97. The van der Waals surface area contributed by atoms with Crippen molar-refractivity contribution >= 4 is 28.4 Å². The third-order valence-electron chi connectivity index (χ3n) is 4.08. The highest BCUT2D eigenvalue weighted by atomic mass is 35.5. The SMILES string of the molecule is COc1cccc(CCNC(=O)c2[nH]c3ccc(Cl)cc3c2C)c1. The maximum Gasteiger partial charge on any atom is 0.268 e. The number of ether oxygens (including phenoxy) is 1. The Labute approximate surface area is 145 Å². The van der Waals surface area contributed by atoms with Gasteiger partial charge in [-0.3, -0.25) is 4.79 Å². The first-order valence-electron chi connectivity index (χ1n) is 7.77. The number of nitrogens with one attached hydrogen (secondary N) is 2. The summed E-state index contributed by atoms with van der Waals surface area (Å²) >= 11 is 6.03. The molecular formula is C19H19ClN2O2. The number of carbonyl (C=O) groups excluding carboxylic acids is 1. The van der Waals surface area contributed by atoms with Crippen LogP contribution >= 0.6 is 11.6 Å². The van der Waals surface area contributed by atoms with E-state index in [1.54, 1.807) is 7.11 Å². The van der Waals surface area contributed by atoms with Gasteiger partial charge in [0.25, 0.3) is 5.91 Å². The zero-order valence-corrected chi connectivity index (χ0v) is 14.4. The molecule has 0 aliphatic rings. The molecule has 5 heteroatoms. The van der Waals surface area contributed by atoms with E-state index in [-0.39, 0.29) is 5.91 Å². The van der Waals surface area contributed by atoms with E-state index < -0.39 is 0 Å². The third-order valence-corrected chi connectivity index (χ3v) is 4.32. The molecule has 1 amide bonds. The van der Waals surface area contributed by atoms with Crippen molar-refractivity contribution in [1.29, 1.82) is 0 Å². The number of amides is 1. The quantitative estimate of drug-likeness (QED) is 0.733. The smallest absolute Gasteiger partial charge is 0.268 e. The second-order valence-electron chi connectivity index (χ2n) is 5.67. The van der Waals surface area contributed by atoms with Gasteiger partial charge in [-0.05, 0) is 54.8 Å². The van der Waals surface area contributed by atoms with Gasteiger partial charge in [-0.25, -0.2) is 0 Å². The van der Waals surface area contributed by atoms with Gasteiger partial charge in [0.05, 0.1) is 7.11 Å². The maximum absolute atomic E-state index is 12.4. The van der Waals surface area contributed by atoms with E-state index in [1.165, 1.54) is 0 Å². The molecule has 24 heavy (non-hydrogen) atoms. The van der Waals surface area contributed by atoms with Gasteiger partial charge in [0.1, 0.15) is 11.4 Å². The van der Waals surface area contributed by atoms with Gasteiger partial charge in [-0.1, -0.05) is 23.7 Å². The maximum atomic E-state index is 12.4. The first-order valence-corrected chi connectivity index (χ1v) is 8.15. The summed E-state index contributed by atoms with van der Waals surface area (Å²) in [6, 6.07) is 13.4. The number of hydrogen-bond donors (Lipinski definition) is 2. The summed E-state index contributed by atoms with van der Waals surface area (Å²) in [6.45, 7) is 2.48. The largest absolute Gasteiger partial charge is 0.497 e. The molecule has 2 aromatic carbocycles. The number of aromatic nitrogens is 1. The standard InChI is InChI=1S/C19H19ClN2O2/c1-12-16-11-14(20)6-7-17(16)22-18(12)19(23)21-9-8-13-4-3-5-15(10-13)24-2/h3-7,10-11,22H,8-9H2,1-2H3,(H,21,23). The van der Waals surface area contributed by atoms with Crippen molar-refractivity contribution < 1.29 is 9.53 Å². The van der Waals surface area contributed by atoms with Crippen LogP contribution in [-0.4, -0.2) is 24.5 Å². The average molecular weight is 343 g/mol. The summed E-state index contributed by atoms with van der Waals surface area (Å²) in [5.74, 6) is 0.713. The van der Waals surface area contributed by atoms with Crippen LogP contribution in [0.5, 0.6) is 5.75 Å². The molecule has 0 aliphatic heterocycles. The average Bonchev–Trinajstić information content (AvgIpc) is 2.91. The molecular weight excluding hydrogens is 324 g/mol. The number of rotatable bonds is 5. The lowest BCUT2D eigenvalue weighted by molar-refractivity contribution is 0.0949. The number of aromatic amines is 1. The number of benzene rings is 2. The van der Waals surface area contributed by atoms with Gasteiger partial charge in [0.15, 0.2) is 0 Å². The van der Waals surface area contributed by atoms with Crippen LogP contribution in [-0.2, 0) is 6.42 Å². The highest BCUT2D eigenvalue weighted by Gasteiger charge is 2.14. The lowest BCUT2D eigenvalue weighted by Crippen LogP contribution is -2.26. The monoisotopic (exact) mass is 342 g/mol. The Balaban J connectivity index is 1.68. The molecule has 0 unspecified atom stereocenters. The van der Waals surface area contributed by atoms with E-state index >= 15 is 0 Å². The zero-order valence-electron chi connectivity index (χ0n) is 13.7. The summed E-state index contributed by atoms with van der Waals surface area (Å²) in [5.41, 5.74) is 3.52. The number of aryl methyl sites for hydroxylation is 1. The molecule has 3 aromatic rings. The van der Waals surface area contributed by atoms with Crippen molar-refractivity contribution in [3.8, 4) is 5.75 Å². The molecule has 0 saturated carbocycles. The fourth-order valence-electron chi connectivity index (χ4n) is 2.76. The molecule has 1 heterocycles. The molecule has 2 N–H and O–H groups in total. The Morgan fingerprint density at radius 3 is 2.88 bits per heavy atom. The molecule has 4 nitrogen and oxygen atoms in total. The van der Waals surface area contributed by atoms with E-state index in [4.69, 9.17) is 16.3 Å². The predicted octanol–water partition coefficient (Wildman–Crippen LogP) is 4.11. The van der Waals surface area contributed by atoms with E-state index in [0.717, 1.165) is 34.2 Å². The van der Waals surface area contributed by atoms with Crippen molar-refractivity contribution in [3.05, 3.63) is 64.3 Å². The second-order valence-corrected chi connectivity index (χ2v) is 6.11. The molecule has 0 atom stereocenters. The molecule has 0 spiro atoms. The van der Waals surface area contributed by atoms with Crippen LogP contribution in [0.4, 0.5) is 0 Å². The van der Waals surface area contributed by atoms with Gasteiger partial charge in [0.2, 0.25) is 0 Å². The fourth-order valence-corrected chi connectivity index (χ4v) is 2.93. The Kier molecular flexibility index (Phi) is 4.76. The third kappa shape index (κ3) is 3.39. The lowest BCUT2D eigenvalue weighted by Gasteiger charge is -2.06. The van der Waals surface area contributed by atoms with Crippen LogP contribution in [0.25, 0.3) is 10.9 Å². The number of carbonyl (C=O) groups is 1. The Morgan fingerprint density at radius 1 is 1.25 bits per heavy atom. The fraction of sp³-hybridized carbons (Fsp3) is 0.211. The van der Waals surface area contributed by atoms with Gasteiger partial charge in [-0.2, -0.15) is 0 Å². The normalized spacial score (nSPS) is 10.8. The topological polar surface area (TPSA) is 54.1 Å². The predicted molar refractivity (Wildman–Crippen MR) is 97.1 cm³/mol. The highest BCUT2D eigenvalue weighted by Crippen LogP contribution is 2.24. The van der Waals surface area contributed by atoms with E-state index in [2.05, 4.69) is 10.3 Å². The summed E-state index contributed by atoms with van der Waals surface area (Å²) < 4.78 is 5.21. The molecule has 0 aliphatic carbocycles.